The fraction of sp³-hybridized carbons (Fsp3) is 0.750. The summed E-state index contributed by atoms with van der Waals surface area (Å²) in [6.07, 6.45) is 10.8. The van der Waals surface area contributed by atoms with Crippen LogP contribution in [0.1, 0.15) is 138 Å². The lowest BCUT2D eigenvalue weighted by Gasteiger charge is -2.73. The Morgan fingerprint density at radius 3 is 2.29 bits per heavy atom. The first-order valence-electron chi connectivity index (χ1n) is 19.8. The van der Waals surface area contributed by atoms with Gasteiger partial charge in [0.15, 0.2) is 0 Å². The first-order chi connectivity index (χ1) is 23.7. The summed E-state index contributed by atoms with van der Waals surface area (Å²) >= 11 is 0. The van der Waals surface area contributed by atoms with E-state index in [9.17, 15) is 23.9 Å². The highest BCUT2D eigenvalue weighted by molar-refractivity contribution is 5.81. The molecule has 0 radical (unpaired) electrons. The van der Waals surface area contributed by atoms with E-state index < -0.39 is 17.4 Å². The van der Waals surface area contributed by atoms with Crippen LogP contribution in [0.4, 0.5) is 4.39 Å². The second kappa shape index (κ2) is 13.0. The molecule has 1 aromatic rings. The third-order valence-corrected chi connectivity index (χ3v) is 16.6. The Bertz CT molecular complexity index is 1570. The van der Waals surface area contributed by atoms with Crippen LogP contribution in [-0.2, 0) is 25.7 Å². The largest absolute Gasteiger partial charge is 0.481 e. The van der Waals surface area contributed by atoms with Gasteiger partial charge in [0, 0.05) is 23.9 Å². The second-order valence-corrected chi connectivity index (χ2v) is 19.8. The zero-order valence-corrected chi connectivity index (χ0v) is 32.6. The van der Waals surface area contributed by atoms with E-state index in [0.717, 1.165) is 57.8 Å². The van der Waals surface area contributed by atoms with Crippen LogP contribution < -0.4 is 5.32 Å². The number of carboxylic acids is 1. The molecular weight excluding hydrogens is 641 g/mol. The van der Waals surface area contributed by atoms with Crippen LogP contribution in [0.15, 0.2) is 36.4 Å². The Labute approximate surface area is 306 Å². The third kappa shape index (κ3) is 6.08. The molecule has 5 saturated carbocycles. The summed E-state index contributed by atoms with van der Waals surface area (Å²) in [5.74, 6) is 0.651. The van der Waals surface area contributed by atoms with E-state index in [1.807, 2.05) is 6.07 Å². The van der Waals surface area contributed by atoms with Crippen molar-refractivity contribution in [3.05, 3.63) is 47.8 Å². The van der Waals surface area contributed by atoms with E-state index in [2.05, 4.69) is 53.4 Å². The zero-order valence-electron chi connectivity index (χ0n) is 32.6. The normalized spacial score (nSPS) is 39.8. The van der Waals surface area contributed by atoms with Crippen LogP contribution in [0.25, 0.3) is 0 Å². The van der Waals surface area contributed by atoms with Crippen LogP contribution in [-0.4, -0.2) is 29.1 Å². The Balaban J connectivity index is 1.23. The molecule has 282 valence electrons. The Morgan fingerprint density at radius 2 is 1.63 bits per heavy atom. The lowest BCUT2D eigenvalue weighted by Crippen LogP contribution is -2.67. The van der Waals surface area contributed by atoms with Gasteiger partial charge in [-0.25, -0.2) is 4.39 Å². The lowest BCUT2D eigenvalue weighted by atomic mass is 9.32. The average Bonchev–Trinajstić information content (AvgIpc) is 3.41. The number of amides is 1. The molecule has 0 aromatic heterocycles. The number of hydrogen-bond donors (Lipinski definition) is 2. The number of allylic oxidation sites excluding steroid dienone is 1. The predicted octanol–water partition coefficient (Wildman–Crippen LogP) is 9.90. The fourth-order valence-corrected chi connectivity index (χ4v) is 13.6. The number of carbonyl (C=O) groups is 3. The van der Waals surface area contributed by atoms with Crippen LogP contribution >= 0.6 is 0 Å². The van der Waals surface area contributed by atoms with Crippen LogP contribution in [0.3, 0.4) is 0 Å². The SMILES string of the molecule is C=C(C)[C@@H]1CC[C@]2(CC(=O)NCc3ccccc3F)CC[C@]3(C)[C@H](CC[C@@H]4[C@@]5(C)CCC(OC(=O)CC(C)(C)C(=O)O)C(C)(C)[C@@H]5CC[C@]43C)[C@@H]12. The average molecular weight is 706 g/mol. The number of nitrogens with one attached hydrogen (secondary N) is 1. The van der Waals surface area contributed by atoms with Crippen molar-refractivity contribution in [2.75, 3.05) is 0 Å². The molecule has 6 nitrogen and oxygen atoms in total. The van der Waals surface area contributed by atoms with Crippen molar-refractivity contribution in [1.29, 1.82) is 0 Å². The summed E-state index contributed by atoms with van der Waals surface area (Å²) in [7, 11) is 0. The number of halogens is 1. The zero-order chi connectivity index (χ0) is 37.4. The molecule has 5 fully saturated rings. The maximum Gasteiger partial charge on any atom is 0.309 e. The minimum Gasteiger partial charge on any atom is -0.481 e. The molecule has 2 N–H and O–H groups in total. The number of esters is 1. The molecule has 10 atom stereocenters. The van der Waals surface area contributed by atoms with Gasteiger partial charge >= 0.3 is 11.9 Å². The van der Waals surface area contributed by atoms with Gasteiger partial charge in [-0.1, -0.05) is 65.0 Å². The number of benzene rings is 1. The van der Waals surface area contributed by atoms with Crippen LogP contribution in [0.5, 0.6) is 0 Å². The molecule has 6 rings (SSSR count). The van der Waals surface area contributed by atoms with E-state index in [1.54, 1.807) is 26.0 Å². The van der Waals surface area contributed by atoms with E-state index in [4.69, 9.17) is 4.74 Å². The summed E-state index contributed by atoms with van der Waals surface area (Å²) in [4.78, 5) is 38.5. The van der Waals surface area contributed by atoms with E-state index in [0.29, 0.717) is 41.6 Å². The van der Waals surface area contributed by atoms with Crippen molar-refractivity contribution in [1.82, 2.24) is 5.32 Å². The number of aliphatic carboxylic acids is 1. The van der Waals surface area contributed by atoms with Crippen molar-refractivity contribution in [2.24, 2.45) is 62.1 Å². The molecule has 0 aliphatic heterocycles. The molecule has 5 aliphatic rings. The summed E-state index contributed by atoms with van der Waals surface area (Å²) in [6.45, 7) is 22.4. The van der Waals surface area contributed by atoms with Crippen molar-refractivity contribution < 1.29 is 28.6 Å². The third-order valence-electron chi connectivity index (χ3n) is 16.6. The maximum absolute atomic E-state index is 14.4. The van der Waals surface area contributed by atoms with Crippen molar-refractivity contribution >= 4 is 17.8 Å². The number of hydrogen-bond acceptors (Lipinski definition) is 4. The van der Waals surface area contributed by atoms with Gasteiger partial charge in [-0.2, -0.15) is 0 Å². The minimum absolute atomic E-state index is 0.0355. The molecular formula is C44H64FNO5. The molecule has 0 saturated heterocycles. The Kier molecular flexibility index (Phi) is 9.70. The first kappa shape index (κ1) is 38.0. The molecule has 7 heteroatoms. The number of carbonyl (C=O) groups excluding carboxylic acids is 2. The number of rotatable bonds is 9. The van der Waals surface area contributed by atoms with Crippen molar-refractivity contribution in [2.45, 2.75) is 145 Å². The molecule has 1 amide bonds. The topological polar surface area (TPSA) is 92.7 Å². The second-order valence-electron chi connectivity index (χ2n) is 19.8. The van der Waals surface area contributed by atoms with Gasteiger partial charge in [0.25, 0.3) is 0 Å². The fourth-order valence-electron chi connectivity index (χ4n) is 13.6. The standard InChI is InChI=1S/C44H64FNO5/c1-27(2)29-16-21-44(24-35(47)46-26-28-12-10-11-13-31(28)45)23-22-42(8)30(37(29)44)14-15-33-41(7)19-18-34(51-36(48)25-39(3,4)38(49)50)40(5,6)32(41)17-20-43(33,42)9/h10-13,29-30,32-34,37H,1,14-26H2,2-9H3,(H,46,47)(H,49,50)/t29-,30+,32-,33+,34?,37+,41-,42+,43+,44+/m0/s1. The lowest BCUT2D eigenvalue weighted by molar-refractivity contribution is -0.250. The van der Waals surface area contributed by atoms with Crippen LogP contribution in [0, 0.1) is 67.9 Å². The monoisotopic (exact) mass is 705 g/mol. The van der Waals surface area contributed by atoms with Gasteiger partial charge in [0.05, 0.1) is 11.8 Å². The quantitative estimate of drug-likeness (QED) is 0.197. The molecule has 1 aromatic carbocycles. The summed E-state index contributed by atoms with van der Waals surface area (Å²) in [5.41, 5.74) is 0.732. The number of ether oxygens (including phenoxy) is 1. The summed E-state index contributed by atoms with van der Waals surface area (Å²) < 4.78 is 20.5. The van der Waals surface area contributed by atoms with Crippen molar-refractivity contribution in [3.63, 3.8) is 0 Å². The summed E-state index contributed by atoms with van der Waals surface area (Å²) in [6, 6.07) is 6.68. The molecule has 0 heterocycles. The van der Waals surface area contributed by atoms with Crippen molar-refractivity contribution in [3.8, 4) is 0 Å². The highest BCUT2D eigenvalue weighted by Crippen LogP contribution is 2.78. The Morgan fingerprint density at radius 1 is 0.922 bits per heavy atom. The van der Waals surface area contributed by atoms with E-state index >= 15 is 0 Å². The van der Waals surface area contributed by atoms with Gasteiger partial charge in [-0.05, 0) is 142 Å². The van der Waals surface area contributed by atoms with Gasteiger partial charge in [-0.3, -0.25) is 14.4 Å². The molecule has 51 heavy (non-hydrogen) atoms. The van der Waals surface area contributed by atoms with E-state index in [-0.39, 0.29) is 57.9 Å². The molecule has 0 bridgehead atoms. The van der Waals surface area contributed by atoms with Gasteiger partial charge in [0.1, 0.15) is 11.9 Å². The highest BCUT2D eigenvalue weighted by Gasteiger charge is 2.71. The number of fused-ring (bicyclic) bond motifs is 7. The highest BCUT2D eigenvalue weighted by atomic mass is 19.1. The Hall–Kier alpha value is -2.70. The summed E-state index contributed by atoms with van der Waals surface area (Å²) in [5, 5.41) is 12.7. The van der Waals surface area contributed by atoms with Gasteiger partial charge in [0.2, 0.25) is 5.91 Å². The maximum atomic E-state index is 14.4. The molecule has 0 spiro atoms. The minimum atomic E-state index is -1.16. The predicted molar refractivity (Wildman–Crippen MR) is 198 cm³/mol. The van der Waals surface area contributed by atoms with E-state index in [1.165, 1.54) is 18.1 Å². The molecule has 5 aliphatic carbocycles. The first-order valence-corrected chi connectivity index (χ1v) is 19.8. The van der Waals surface area contributed by atoms with Crippen LogP contribution in [0.2, 0.25) is 0 Å². The molecule has 1 unspecified atom stereocenters. The van der Waals surface area contributed by atoms with Gasteiger partial charge in [-0.15, -0.1) is 0 Å². The van der Waals surface area contributed by atoms with Gasteiger partial charge < -0.3 is 15.2 Å². The smallest absolute Gasteiger partial charge is 0.309 e. The number of carboxylic acid groups (broad SMARTS) is 1.